The fourth-order valence-electron chi connectivity index (χ4n) is 1.38. The SMILES string of the molecule is CCOC(=O)CC[C@H](NC(=O)CC(C)C)C(=O)O. The van der Waals surface area contributed by atoms with Gasteiger partial charge in [-0.1, -0.05) is 13.8 Å². The molecule has 0 aliphatic carbocycles. The first-order valence-corrected chi connectivity index (χ1v) is 6.04. The van der Waals surface area contributed by atoms with Crippen LogP contribution in [0, 0.1) is 5.92 Å². The van der Waals surface area contributed by atoms with E-state index in [1.165, 1.54) is 0 Å². The topological polar surface area (TPSA) is 92.7 Å². The second-order valence-electron chi connectivity index (χ2n) is 4.40. The third kappa shape index (κ3) is 7.65. The van der Waals surface area contributed by atoms with Crippen molar-refractivity contribution in [2.75, 3.05) is 6.61 Å². The van der Waals surface area contributed by atoms with E-state index in [1.807, 2.05) is 13.8 Å². The molecule has 2 N–H and O–H groups in total. The van der Waals surface area contributed by atoms with Crippen molar-refractivity contribution in [2.45, 2.75) is 46.1 Å². The number of carbonyl (C=O) groups is 3. The summed E-state index contributed by atoms with van der Waals surface area (Å²) in [5.41, 5.74) is 0. The van der Waals surface area contributed by atoms with Gasteiger partial charge >= 0.3 is 11.9 Å². The molecule has 104 valence electrons. The minimum absolute atomic E-state index is 0.0211. The second kappa shape index (κ2) is 8.49. The molecular weight excluding hydrogens is 238 g/mol. The van der Waals surface area contributed by atoms with E-state index in [4.69, 9.17) is 9.84 Å². The summed E-state index contributed by atoms with van der Waals surface area (Å²) in [6, 6.07) is -1.04. The molecule has 6 nitrogen and oxygen atoms in total. The van der Waals surface area contributed by atoms with Gasteiger partial charge < -0.3 is 15.2 Å². The van der Waals surface area contributed by atoms with E-state index in [9.17, 15) is 14.4 Å². The Morgan fingerprint density at radius 3 is 2.33 bits per heavy atom. The maximum atomic E-state index is 11.4. The molecule has 0 aromatic heterocycles. The number of carboxylic acids is 1. The molecule has 1 atom stereocenters. The van der Waals surface area contributed by atoms with Crippen molar-refractivity contribution in [3.05, 3.63) is 0 Å². The fraction of sp³-hybridized carbons (Fsp3) is 0.750. The van der Waals surface area contributed by atoms with Crippen molar-refractivity contribution < 1.29 is 24.2 Å². The molecule has 0 saturated carbocycles. The van der Waals surface area contributed by atoms with Gasteiger partial charge in [-0.2, -0.15) is 0 Å². The lowest BCUT2D eigenvalue weighted by Gasteiger charge is -2.14. The van der Waals surface area contributed by atoms with Gasteiger partial charge in [-0.25, -0.2) is 4.79 Å². The Balaban J connectivity index is 4.19. The van der Waals surface area contributed by atoms with Crippen molar-refractivity contribution in [3.63, 3.8) is 0 Å². The Morgan fingerprint density at radius 1 is 1.28 bits per heavy atom. The molecule has 0 aliphatic heterocycles. The lowest BCUT2D eigenvalue weighted by Crippen LogP contribution is -2.41. The molecule has 0 aromatic rings. The summed E-state index contributed by atoms with van der Waals surface area (Å²) in [7, 11) is 0. The quantitative estimate of drug-likeness (QED) is 0.633. The maximum absolute atomic E-state index is 11.4. The van der Waals surface area contributed by atoms with E-state index < -0.39 is 18.0 Å². The largest absolute Gasteiger partial charge is 0.480 e. The van der Waals surface area contributed by atoms with Crippen LogP contribution in [0.5, 0.6) is 0 Å². The molecule has 0 aliphatic rings. The van der Waals surface area contributed by atoms with Gasteiger partial charge in [0.05, 0.1) is 6.61 Å². The van der Waals surface area contributed by atoms with Gasteiger partial charge in [0, 0.05) is 12.8 Å². The van der Waals surface area contributed by atoms with Gasteiger partial charge in [-0.15, -0.1) is 0 Å². The Kier molecular flexibility index (Phi) is 7.74. The summed E-state index contributed by atoms with van der Waals surface area (Å²) in [4.78, 5) is 33.5. The van der Waals surface area contributed by atoms with Crippen LogP contribution < -0.4 is 5.32 Å². The molecule has 1 amide bonds. The molecule has 0 bridgehead atoms. The van der Waals surface area contributed by atoms with Crippen LogP contribution in [-0.2, 0) is 19.1 Å². The molecule has 0 radical (unpaired) electrons. The van der Waals surface area contributed by atoms with Crippen molar-refractivity contribution in [1.29, 1.82) is 0 Å². The predicted octanol–water partition coefficient (Wildman–Crippen LogP) is 0.945. The zero-order valence-electron chi connectivity index (χ0n) is 11.1. The number of nitrogens with one attached hydrogen (secondary N) is 1. The second-order valence-corrected chi connectivity index (χ2v) is 4.40. The van der Waals surface area contributed by atoms with Crippen LogP contribution in [0.2, 0.25) is 0 Å². The average molecular weight is 259 g/mol. The molecule has 0 saturated heterocycles. The van der Waals surface area contributed by atoms with Crippen LogP contribution >= 0.6 is 0 Å². The van der Waals surface area contributed by atoms with E-state index in [0.717, 1.165) is 0 Å². The van der Waals surface area contributed by atoms with E-state index in [0.29, 0.717) is 0 Å². The standard InChI is InChI=1S/C12H21NO5/c1-4-18-11(15)6-5-9(12(16)17)13-10(14)7-8(2)3/h8-9H,4-7H2,1-3H3,(H,13,14)(H,16,17)/t9-/m0/s1. The highest BCUT2D eigenvalue weighted by molar-refractivity contribution is 5.84. The van der Waals surface area contributed by atoms with Crippen molar-refractivity contribution in [2.24, 2.45) is 5.92 Å². The van der Waals surface area contributed by atoms with Crippen LogP contribution in [0.1, 0.15) is 40.0 Å². The third-order valence-electron chi connectivity index (χ3n) is 2.17. The van der Waals surface area contributed by atoms with Crippen LogP contribution in [0.15, 0.2) is 0 Å². The van der Waals surface area contributed by atoms with E-state index >= 15 is 0 Å². The highest BCUT2D eigenvalue weighted by Crippen LogP contribution is 2.03. The number of carbonyl (C=O) groups excluding carboxylic acids is 2. The Bertz CT molecular complexity index is 301. The number of rotatable bonds is 8. The molecule has 0 unspecified atom stereocenters. The smallest absolute Gasteiger partial charge is 0.326 e. The Morgan fingerprint density at radius 2 is 1.89 bits per heavy atom. The molecule has 18 heavy (non-hydrogen) atoms. The normalized spacial score (nSPS) is 12.0. The number of hydrogen-bond donors (Lipinski definition) is 2. The van der Waals surface area contributed by atoms with Gasteiger partial charge in [-0.05, 0) is 19.3 Å². The van der Waals surface area contributed by atoms with Gasteiger partial charge in [0.25, 0.3) is 0 Å². The fourth-order valence-corrected chi connectivity index (χ4v) is 1.38. The summed E-state index contributed by atoms with van der Waals surface area (Å²) in [5, 5.41) is 11.3. The van der Waals surface area contributed by atoms with Crippen LogP contribution in [-0.4, -0.2) is 35.6 Å². The van der Waals surface area contributed by atoms with Crippen LogP contribution in [0.25, 0.3) is 0 Å². The Hall–Kier alpha value is -1.59. The number of hydrogen-bond acceptors (Lipinski definition) is 4. The summed E-state index contributed by atoms with van der Waals surface area (Å²) >= 11 is 0. The summed E-state index contributed by atoms with van der Waals surface area (Å²) in [6.07, 6.45) is 0.286. The van der Waals surface area contributed by atoms with Crippen molar-refractivity contribution in [3.8, 4) is 0 Å². The molecular formula is C12H21NO5. The highest BCUT2D eigenvalue weighted by atomic mass is 16.5. The minimum Gasteiger partial charge on any atom is -0.480 e. The van der Waals surface area contributed by atoms with Gasteiger partial charge in [0.1, 0.15) is 6.04 Å². The minimum atomic E-state index is -1.14. The lowest BCUT2D eigenvalue weighted by atomic mass is 10.1. The predicted molar refractivity (Wildman–Crippen MR) is 64.9 cm³/mol. The zero-order chi connectivity index (χ0) is 14.1. The molecule has 0 rings (SSSR count). The molecule has 0 aromatic carbocycles. The highest BCUT2D eigenvalue weighted by Gasteiger charge is 2.21. The first kappa shape index (κ1) is 16.4. The summed E-state index contributed by atoms with van der Waals surface area (Å²) in [5.74, 6) is -1.76. The Labute approximate surface area is 107 Å². The van der Waals surface area contributed by atoms with E-state index in [-0.39, 0.29) is 37.7 Å². The lowest BCUT2D eigenvalue weighted by molar-refractivity contribution is -0.145. The van der Waals surface area contributed by atoms with Crippen LogP contribution in [0.4, 0.5) is 0 Å². The molecule has 0 heterocycles. The molecule has 6 heteroatoms. The number of aliphatic carboxylic acids is 1. The summed E-state index contributed by atoms with van der Waals surface area (Å²) < 4.78 is 4.70. The van der Waals surface area contributed by atoms with Gasteiger partial charge in [0.2, 0.25) is 5.91 Å². The zero-order valence-corrected chi connectivity index (χ0v) is 11.1. The van der Waals surface area contributed by atoms with E-state index in [1.54, 1.807) is 6.92 Å². The van der Waals surface area contributed by atoms with Gasteiger partial charge in [-0.3, -0.25) is 9.59 Å². The number of ether oxygens (including phenoxy) is 1. The monoisotopic (exact) mass is 259 g/mol. The number of amides is 1. The number of carboxylic acid groups (broad SMARTS) is 1. The van der Waals surface area contributed by atoms with Gasteiger partial charge in [0.15, 0.2) is 0 Å². The maximum Gasteiger partial charge on any atom is 0.326 e. The van der Waals surface area contributed by atoms with Crippen molar-refractivity contribution in [1.82, 2.24) is 5.32 Å². The first-order valence-electron chi connectivity index (χ1n) is 6.04. The molecule has 0 spiro atoms. The molecule has 0 fully saturated rings. The van der Waals surface area contributed by atoms with E-state index in [2.05, 4.69) is 5.32 Å². The van der Waals surface area contributed by atoms with Crippen LogP contribution in [0.3, 0.4) is 0 Å². The average Bonchev–Trinajstić information content (AvgIpc) is 2.23. The number of esters is 1. The third-order valence-corrected chi connectivity index (χ3v) is 2.17. The summed E-state index contributed by atoms with van der Waals surface area (Å²) in [6.45, 7) is 5.68. The van der Waals surface area contributed by atoms with Crippen molar-refractivity contribution >= 4 is 17.8 Å². The first-order chi connectivity index (χ1) is 8.36.